The Morgan fingerprint density at radius 1 is 0.850 bits per heavy atom. The van der Waals surface area contributed by atoms with Crippen molar-refractivity contribution in [3.63, 3.8) is 0 Å². The number of thioether (sulfide) groups is 1. The molecule has 200 valence electrons. The third-order valence-corrected chi connectivity index (χ3v) is 8.55. The minimum atomic E-state index is -3.83. The maximum atomic E-state index is 12.5. The number of rotatable bonds is 6. The fourth-order valence-electron chi connectivity index (χ4n) is 3.90. The number of anilines is 4. The highest BCUT2D eigenvalue weighted by atomic mass is 32.2. The Balaban J connectivity index is 1.04. The van der Waals surface area contributed by atoms with E-state index >= 15 is 0 Å². The van der Waals surface area contributed by atoms with Gasteiger partial charge in [0.1, 0.15) is 17.2 Å². The van der Waals surface area contributed by atoms with Gasteiger partial charge in [0.25, 0.3) is 10.0 Å². The first-order valence-electron chi connectivity index (χ1n) is 11.7. The third-order valence-electron chi connectivity index (χ3n) is 5.70. The van der Waals surface area contributed by atoms with E-state index in [1.54, 1.807) is 54.9 Å². The Hall–Kier alpha value is -4.54. The molecule has 16 heteroatoms. The number of nitrogens with zero attached hydrogens (tertiary/aromatic N) is 7. The molecule has 0 radical (unpaired) electrons. The van der Waals surface area contributed by atoms with Gasteiger partial charge in [0.2, 0.25) is 11.9 Å². The Morgan fingerprint density at radius 2 is 1.57 bits per heavy atom. The van der Waals surface area contributed by atoms with Crippen LogP contribution in [0.5, 0.6) is 0 Å². The monoisotopic (exact) mass is 589 g/mol. The predicted molar refractivity (Wildman–Crippen MR) is 157 cm³/mol. The van der Waals surface area contributed by atoms with Gasteiger partial charge in [0.15, 0.2) is 5.11 Å². The molecule has 6 rings (SSSR count). The van der Waals surface area contributed by atoms with Crippen molar-refractivity contribution in [3.8, 4) is 0 Å². The summed E-state index contributed by atoms with van der Waals surface area (Å²) in [4.78, 5) is 29.9. The van der Waals surface area contributed by atoms with Crippen LogP contribution in [0, 0.1) is 0 Å². The van der Waals surface area contributed by atoms with Gasteiger partial charge in [0.05, 0.1) is 34.3 Å². The lowest BCUT2D eigenvalue weighted by Crippen LogP contribution is -2.31. The molecule has 4 aromatic rings. The minimum Gasteiger partial charge on any atom is -0.332 e. The van der Waals surface area contributed by atoms with Crippen molar-refractivity contribution in [2.75, 3.05) is 20.7 Å². The number of aliphatic imine (C=N–C) groups is 2. The van der Waals surface area contributed by atoms with Gasteiger partial charge in [-0.15, -0.1) is 0 Å². The van der Waals surface area contributed by atoms with Crippen LogP contribution in [0.15, 0.2) is 93.4 Å². The highest BCUT2D eigenvalue weighted by Gasteiger charge is 2.39. The van der Waals surface area contributed by atoms with E-state index < -0.39 is 10.0 Å². The van der Waals surface area contributed by atoms with Gasteiger partial charge in [0, 0.05) is 29.8 Å². The number of benzene rings is 1. The number of aromatic nitrogens is 5. The zero-order chi connectivity index (χ0) is 27.5. The molecule has 2 unspecified atom stereocenters. The van der Waals surface area contributed by atoms with Crippen LogP contribution in [0.2, 0.25) is 0 Å². The molecule has 0 saturated carbocycles. The van der Waals surface area contributed by atoms with E-state index in [9.17, 15) is 8.42 Å². The minimum absolute atomic E-state index is 0.0106. The molecule has 2 atom stereocenters. The molecular formula is C24H19N11O2S3. The molecule has 5 heterocycles. The number of fused-ring (bicyclic) bond motifs is 3. The first-order valence-corrected chi connectivity index (χ1v) is 14.5. The summed E-state index contributed by atoms with van der Waals surface area (Å²) >= 11 is 6.99. The number of nitrogens with one attached hydrogen (secondary N) is 4. The zero-order valence-corrected chi connectivity index (χ0v) is 22.8. The molecule has 0 bridgehead atoms. The van der Waals surface area contributed by atoms with Crippen molar-refractivity contribution in [1.82, 2.24) is 24.9 Å². The SMILES string of the molecule is O=S(=O)(Nc1ncccn1)c1ccc(NC(=S)Nc2cnc(NC3=NC=NC4c5cccnc5SC34)nc2)cc1. The number of amidine groups is 1. The summed E-state index contributed by atoms with van der Waals surface area (Å²) < 4.78 is 27.4. The predicted octanol–water partition coefficient (Wildman–Crippen LogP) is 3.34. The molecule has 0 spiro atoms. The molecule has 1 aromatic carbocycles. The molecular weight excluding hydrogens is 571 g/mol. The van der Waals surface area contributed by atoms with Gasteiger partial charge in [-0.25, -0.2) is 43.1 Å². The Labute approximate surface area is 238 Å². The fraction of sp³-hybridized carbons (Fsp3) is 0.0833. The van der Waals surface area contributed by atoms with Gasteiger partial charge in [-0.3, -0.25) is 4.99 Å². The zero-order valence-electron chi connectivity index (χ0n) is 20.3. The van der Waals surface area contributed by atoms with Crippen molar-refractivity contribution in [3.05, 3.63) is 79.0 Å². The lowest BCUT2D eigenvalue weighted by molar-refractivity contribution is 0.601. The smallest absolute Gasteiger partial charge is 0.264 e. The van der Waals surface area contributed by atoms with E-state index in [4.69, 9.17) is 12.2 Å². The van der Waals surface area contributed by atoms with Gasteiger partial charge >= 0.3 is 0 Å². The average molecular weight is 590 g/mol. The largest absolute Gasteiger partial charge is 0.332 e. The van der Waals surface area contributed by atoms with E-state index in [1.807, 2.05) is 12.1 Å². The first-order chi connectivity index (χ1) is 19.4. The van der Waals surface area contributed by atoms with Crippen LogP contribution in [0.4, 0.5) is 23.3 Å². The Kier molecular flexibility index (Phi) is 7.02. The molecule has 0 aliphatic carbocycles. The van der Waals surface area contributed by atoms with Crippen LogP contribution >= 0.6 is 24.0 Å². The summed E-state index contributed by atoms with van der Waals surface area (Å²) in [5.41, 5.74) is 2.23. The average Bonchev–Trinajstić information content (AvgIpc) is 3.35. The number of hydrogen-bond acceptors (Lipinski definition) is 12. The lowest BCUT2D eigenvalue weighted by atomic mass is 10.1. The van der Waals surface area contributed by atoms with Crippen molar-refractivity contribution >= 4 is 74.6 Å². The topological polar surface area (TPSA) is 171 Å². The van der Waals surface area contributed by atoms with E-state index in [-0.39, 0.29) is 27.2 Å². The standard InChI is InChI=1S/C24H19N11O2S3/c36-40(37,35-23-26-9-2-10-27-23)16-6-4-14(5-7-16)32-24(38)33-15-11-28-22(29-12-15)34-20-19-18(30-13-31-20)17-3-1-8-25-21(17)39-19/h1-13,18-19H,(H,26,27,35)(H2,32,33,38)(H,28,29,30,31,34). The van der Waals surface area contributed by atoms with Crippen LogP contribution in [-0.4, -0.2) is 55.9 Å². The number of sulfonamides is 1. The Morgan fingerprint density at radius 3 is 2.35 bits per heavy atom. The van der Waals surface area contributed by atoms with Crippen LogP contribution in [-0.2, 0) is 10.0 Å². The molecule has 2 aliphatic rings. The Bertz CT molecular complexity index is 1720. The number of pyridine rings is 1. The molecule has 4 N–H and O–H groups in total. The summed E-state index contributed by atoms with van der Waals surface area (Å²) in [7, 11) is -3.83. The molecule has 0 saturated heterocycles. The van der Waals surface area contributed by atoms with E-state index in [0.717, 1.165) is 10.6 Å². The molecule has 2 aliphatic heterocycles. The van der Waals surface area contributed by atoms with Crippen LogP contribution in [0.3, 0.4) is 0 Å². The van der Waals surface area contributed by atoms with E-state index in [0.29, 0.717) is 23.2 Å². The van der Waals surface area contributed by atoms with Crippen molar-refractivity contribution in [2.45, 2.75) is 21.2 Å². The number of hydrogen-bond donors (Lipinski definition) is 4. The second kappa shape index (κ2) is 10.9. The van der Waals surface area contributed by atoms with Crippen LogP contribution < -0.4 is 20.7 Å². The maximum Gasteiger partial charge on any atom is 0.264 e. The summed E-state index contributed by atoms with van der Waals surface area (Å²) in [6.07, 6.45) is 9.38. The van der Waals surface area contributed by atoms with E-state index in [1.165, 1.54) is 24.5 Å². The summed E-state index contributed by atoms with van der Waals surface area (Å²) in [5.74, 6) is 1.08. The lowest BCUT2D eigenvalue weighted by Gasteiger charge is -2.21. The second-order valence-corrected chi connectivity index (χ2v) is 11.6. The van der Waals surface area contributed by atoms with Crippen LogP contribution in [0.25, 0.3) is 0 Å². The van der Waals surface area contributed by atoms with Gasteiger partial charge < -0.3 is 16.0 Å². The van der Waals surface area contributed by atoms with Gasteiger partial charge in [-0.2, -0.15) is 0 Å². The molecule has 40 heavy (non-hydrogen) atoms. The first kappa shape index (κ1) is 25.7. The fourth-order valence-corrected chi connectivity index (χ4v) is 6.35. The second-order valence-electron chi connectivity index (χ2n) is 8.36. The summed E-state index contributed by atoms with van der Waals surface area (Å²) in [6.45, 7) is 0. The molecule has 13 nitrogen and oxygen atoms in total. The van der Waals surface area contributed by atoms with Crippen LogP contribution in [0.1, 0.15) is 11.6 Å². The molecule has 0 fully saturated rings. The molecule has 0 amide bonds. The maximum absolute atomic E-state index is 12.5. The number of thiocarbonyl (C=S) groups is 1. The summed E-state index contributed by atoms with van der Waals surface area (Å²) in [5, 5.41) is 10.4. The highest BCUT2D eigenvalue weighted by molar-refractivity contribution is 8.01. The van der Waals surface area contributed by atoms with Crippen molar-refractivity contribution in [1.29, 1.82) is 0 Å². The molecule has 3 aromatic heterocycles. The van der Waals surface area contributed by atoms with Crippen molar-refractivity contribution in [2.24, 2.45) is 9.98 Å². The van der Waals surface area contributed by atoms with E-state index in [2.05, 4.69) is 55.6 Å². The van der Waals surface area contributed by atoms with Crippen molar-refractivity contribution < 1.29 is 8.42 Å². The normalized spacial score (nSPS) is 17.2. The third kappa shape index (κ3) is 5.58. The quantitative estimate of drug-likeness (QED) is 0.242. The highest BCUT2D eigenvalue weighted by Crippen LogP contribution is 2.46. The summed E-state index contributed by atoms with van der Waals surface area (Å²) in [6, 6.07) is 11.5. The van der Waals surface area contributed by atoms with Gasteiger partial charge in [-0.1, -0.05) is 17.8 Å². The van der Waals surface area contributed by atoms with Gasteiger partial charge in [-0.05, 0) is 48.6 Å².